The van der Waals surface area contributed by atoms with Crippen LogP contribution in [-0.2, 0) is 18.3 Å². The summed E-state index contributed by atoms with van der Waals surface area (Å²) in [7, 11) is 1.79. The minimum absolute atomic E-state index is 0.0380. The standard InChI is InChI=1S/C30H36N6O2S/c1-20(26-10-11-27(39-26)23-9-5-4-8-22(23)19-35-12-6-7-13-35)31-28-24-18-25(36-14-16-38-17-15-36)30(37)34(3)29(24)33-21(2)32-28/h4-5,8-11,18,20H,6-7,12-17,19H2,1-3H3,(H,31,32,33)/t20-/m1/s1. The molecule has 8 nitrogen and oxygen atoms in total. The third-order valence-electron chi connectivity index (χ3n) is 7.79. The molecule has 0 aliphatic carbocycles. The maximum Gasteiger partial charge on any atom is 0.275 e. The van der Waals surface area contributed by atoms with Crippen molar-refractivity contribution in [3.63, 3.8) is 0 Å². The number of hydrogen-bond donors (Lipinski definition) is 1. The van der Waals surface area contributed by atoms with Crippen molar-refractivity contribution in [1.82, 2.24) is 19.4 Å². The predicted octanol–water partition coefficient (Wildman–Crippen LogP) is 4.97. The van der Waals surface area contributed by atoms with Crippen molar-refractivity contribution in [1.29, 1.82) is 0 Å². The highest BCUT2D eigenvalue weighted by molar-refractivity contribution is 7.15. The van der Waals surface area contributed by atoms with Crippen molar-refractivity contribution in [2.45, 2.75) is 39.3 Å². The monoisotopic (exact) mass is 544 g/mol. The van der Waals surface area contributed by atoms with E-state index in [1.54, 1.807) is 11.6 Å². The molecule has 1 N–H and O–H groups in total. The number of morpholine rings is 1. The zero-order chi connectivity index (χ0) is 26.9. The summed E-state index contributed by atoms with van der Waals surface area (Å²) in [5.74, 6) is 1.38. The van der Waals surface area contributed by atoms with Crippen LogP contribution in [0.3, 0.4) is 0 Å². The van der Waals surface area contributed by atoms with Gasteiger partial charge in [-0.3, -0.25) is 14.3 Å². The predicted molar refractivity (Wildman–Crippen MR) is 159 cm³/mol. The van der Waals surface area contributed by atoms with Crippen molar-refractivity contribution in [3.05, 3.63) is 69.1 Å². The Bertz CT molecular complexity index is 1530. The van der Waals surface area contributed by atoms with Crippen LogP contribution in [0.25, 0.3) is 21.5 Å². The molecule has 1 aromatic carbocycles. The first-order valence-corrected chi connectivity index (χ1v) is 14.7. The Balaban J connectivity index is 1.30. The number of aromatic nitrogens is 3. The van der Waals surface area contributed by atoms with E-state index in [1.807, 2.05) is 24.3 Å². The lowest BCUT2D eigenvalue weighted by atomic mass is 10.1. The van der Waals surface area contributed by atoms with Crippen LogP contribution < -0.4 is 15.8 Å². The van der Waals surface area contributed by atoms with Gasteiger partial charge in [-0.2, -0.15) is 0 Å². The largest absolute Gasteiger partial charge is 0.378 e. The number of benzene rings is 1. The average Bonchev–Trinajstić information content (AvgIpc) is 3.65. The van der Waals surface area contributed by atoms with Gasteiger partial charge < -0.3 is 15.0 Å². The van der Waals surface area contributed by atoms with Crippen molar-refractivity contribution in [2.75, 3.05) is 49.6 Å². The molecule has 2 saturated heterocycles. The summed E-state index contributed by atoms with van der Waals surface area (Å²) >= 11 is 1.82. The van der Waals surface area contributed by atoms with Gasteiger partial charge in [-0.25, -0.2) is 9.97 Å². The lowest BCUT2D eigenvalue weighted by molar-refractivity contribution is 0.122. The Morgan fingerprint density at radius 3 is 2.62 bits per heavy atom. The first-order valence-electron chi connectivity index (χ1n) is 13.9. The van der Waals surface area contributed by atoms with Gasteiger partial charge in [0.15, 0.2) is 0 Å². The van der Waals surface area contributed by atoms with E-state index in [4.69, 9.17) is 9.72 Å². The fourth-order valence-electron chi connectivity index (χ4n) is 5.65. The SMILES string of the molecule is Cc1nc(N[C@H](C)c2ccc(-c3ccccc3CN3CCCC3)s2)c2cc(N3CCOCC3)c(=O)n(C)c2n1. The maximum absolute atomic E-state index is 13.2. The van der Waals surface area contributed by atoms with Gasteiger partial charge in [-0.05, 0) is 69.1 Å². The summed E-state index contributed by atoms with van der Waals surface area (Å²) < 4.78 is 7.15. The molecule has 2 aliphatic heterocycles. The minimum atomic E-state index is -0.0445. The summed E-state index contributed by atoms with van der Waals surface area (Å²) in [5.41, 5.74) is 3.98. The number of nitrogens with one attached hydrogen (secondary N) is 1. The first-order chi connectivity index (χ1) is 19.0. The smallest absolute Gasteiger partial charge is 0.275 e. The Morgan fingerprint density at radius 1 is 1.05 bits per heavy atom. The molecule has 0 amide bonds. The van der Waals surface area contributed by atoms with Crippen LogP contribution in [0.1, 0.15) is 42.1 Å². The second-order valence-electron chi connectivity index (χ2n) is 10.6. The van der Waals surface area contributed by atoms with Crippen LogP contribution in [0.2, 0.25) is 0 Å². The number of rotatable bonds is 7. The Labute approximate surface area is 233 Å². The highest BCUT2D eigenvalue weighted by atomic mass is 32.1. The zero-order valence-corrected chi connectivity index (χ0v) is 23.8. The number of anilines is 2. The van der Waals surface area contributed by atoms with Gasteiger partial charge in [-0.1, -0.05) is 24.3 Å². The lowest BCUT2D eigenvalue weighted by Crippen LogP contribution is -2.40. The molecule has 2 fully saturated rings. The second-order valence-corrected chi connectivity index (χ2v) is 11.7. The number of hydrogen-bond acceptors (Lipinski definition) is 8. The Morgan fingerprint density at radius 2 is 1.82 bits per heavy atom. The third-order valence-corrected chi connectivity index (χ3v) is 9.10. The maximum atomic E-state index is 13.2. The van der Waals surface area contributed by atoms with Gasteiger partial charge in [0.05, 0.1) is 24.6 Å². The van der Waals surface area contributed by atoms with E-state index in [0.29, 0.717) is 43.5 Å². The quantitative estimate of drug-likeness (QED) is 0.352. The zero-order valence-electron chi connectivity index (χ0n) is 22.9. The molecule has 39 heavy (non-hydrogen) atoms. The summed E-state index contributed by atoms with van der Waals surface area (Å²) in [4.78, 5) is 29.8. The van der Waals surface area contributed by atoms with Crippen LogP contribution >= 0.6 is 11.3 Å². The van der Waals surface area contributed by atoms with Crippen LogP contribution in [0.5, 0.6) is 0 Å². The van der Waals surface area contributed by atoms with Gasteiger partial charge in [0.25, 0.3) is 5.56 Å². The van der Waals surface area contributed by atoms with E-state index < -0.39 is 0 Å². The first kappa shape index (κ1) is 26.0. The van der Waals surface area contributed by atoms with Crippen molar-refractivity contribution in [3.8, 4) is 10.4 Å². The fraction of sp³-hybridized carbons (Fsp3) is 0.433. The van der Waals surface area contributed by atoms with E-state index in [0.717, 1.165) is 17.7 Å². The summed E-state index contributed by atoms with van der Waals surface area (Å²) in [6, 6.07) is 15.2. The molecule has 0 spiro atoms. The molecule has 204 valence electrons. The van der Waals surface area contributed by atoms with Crippen molar-refractivity contribution < 1.29 is 4.74 Å². The third kappa shape index (κ3) is 5.31. The van der Waals surface area contributed by atoms with E-state index in [2.05, 4.69) is 63.4 Å². The van der Waals surface area contributed by atoms with Crippen LogP contribution in [0, 0.1) is 6.92 Å². The molecule has 0 unspecified atom stereocenters. The molecule has 9 heteroatoms. The molecule has 5 heterocycles. The second kappa shape index (κ2) is 11.1. The average molecular weight is 545 g/mol. The van der Waals surface area contributed by atoms with Crippen LogP contribution in [0.4, 0.5) is 11.5 Å². The number of likely N-dealkylation sites (tertiary alicyclic amines) is 1. The van der Waals surface area contributed by atoms with Gasteiger partial charge in [0.1, 0.15) is 23.0 Å². The Kier molecular flexibility index (Phi) is 7.38. The van der Waals surface area contributed by atoms with Gasteiger partial charge in [-0.15, -0.1) is 11.3 Å². The Hall–Kier alpha value is -3.27. The van der Waals surface area contributed by atoms with Crippen LogP contribution in [-0.4, -0.2) is 58.8 Å². The highest BCUT2D eigenvalue weighted by Gasteiger charge is 2.21. The molecule has 1 atom stereocenters. The van der Waals surface area contributed by atoms with E-state index in [1.165, 1.54) is 46.8 Å². The number of nitrogens with zero attached hydrogens (tertiary/aromatic N) is 5. The summed E-state index contributed by atoms with van der Waals surface area (Å²) in [6.45, 7) is 10.1. The number of thiophene rings is 1. The fourth-order valence-corrected chi connectivity index (χ4v) is 6.72. The van der Waals surface area contributed by atoms with E-state index in [9.17, 15) is 4.79 Å². The molecule has 0 bridgehead atoms. The molecule has 0 saturated carbocycles. The van der Waals surface area contributed by atoms with Gasteiger partial charge >= 0.3 is 0 Å². The molecule has 2 aliphatic rings. The van der Waals surface area contributed by atoms with E-state index >= 15 is 0 Å². The number of fused-ring (bicyclic) bond motifs is 1. The highest BCUT2D eigenvalue weighted by Crippen LogP contribution is 2.36. The molecule has 3 aromatic heterocycles. The molecular formula is C30H36N6O2S. The number of pyridine rings is 1. The lowest BCUT2D eigenvalue weighted by Gasteiger charge is -2.29. The van der Waals surface area contributed by atoms with Gasteiger partial charge in [0, 0.05) is 36.4 Å². The van der Waals surface area contributed by atoms with Gasteiger partial charge in [0.2, 0.25) is 0 Å². The minimum Gasteiger partial charge on any atom is -0.378 e. The molecule has 4 aromatic rings. The van der Waals surface area contributed by atoms with E-state index in [-0.39, 0.29) is 11.6 Å². The molecule has 0 radical (unpaired) electrons. The van der Waals surface area contributed by atoms with Crippen LogP contribution in [0.15, 0.2) is 47.3 Å². The topological polar surface area (TPSA) is 75.5 Å². The number of aryl methyl sites for hydroxylation is 2. The number of ether oxygens (including phenoxy) is 1. The van der Waals surface area contributed by atoms with Crippen molar-refractivity contribution >= 4 is 33.9 Å². The summed E-state index contributed by atoms with van der Waals surface area (Å²) in [6.07, 6.45) is 2.60. The normalized spacial score (nSPS) is 17.2. The van der Waals surface area contributed by atoms with Crippen molar-refractivity contribution in [2.24, 2.45) is 7.05 Å². The molecule has 6 rings (SSSR count). The molecular weight excluding hydrogens is 508 g/mol. The summed E-state index contributed by atoms with van der Waals surface area (Å²) in [5, 5.41) is 4.50.